The van der Waals surface area contributed by atoms with Gasteiger partial charge in [0.05, 0.1) is 18.4 Å². The first-order valence-corrected chi connectivity index (χ1v) is 10.6. The Morgan fingerprint density at radius 2 is 1.91 bits per heavy atom. The topological polar surface area (TPSA) is 80.0 Å². The van der Waals surface area contributed by atoms with Crippen molar-refractivity contribution in [3.63, 3.8) is 0 Å². The summed E-state index contributed by atoms with van der Waals surface area (Å²) in [6, 6.07) is 15.1. The first kappa shape index (κ1) is 21.4. The monoisotopic (exact) mass is 431 g/mol. The predicted molar refractivity (Wildman–Crippen MR) is 122 cm³/mol. The Labute approximate surface area is 186 Å². The van der Waals surface area contributed by atoms with E-state index in [0.29, 0.717) is 29.4 Å². The summed E-state index contributed by atoms with van der Waals surface area (Å²) in [6.45, 7) is 6.33. The third kappa shape index (κ3) is 3.80. The van der Waals surface area contributed by atoms with Crippen molar-refractivity contribution in [2.45, 2.75) is 33.2 Å². The van der Waals surface area contributed by atoms with E-state index in [1.165, 1.54) is 11.2 Å². The van der Waals surface area contributed by atoms with Gasteiger partial charge in [-0.1, -0.05) is 31.2 Å². The standard InChI is InChI=1S/C26H25NO5/c1-4-12-31-19-8-5-7-18(15-19)24(28)22-23(21-9-6-13-32-21)27(26(30)25(22)29)20-14-16(2)10-11-17(20)3/h5-11,13-15,23,28H,4,12H2,1-3H3/b24-22-. The molecule has 0 radical (unpaired) electrons. The van der Waals surface area contributed by atoms with Crippen molar-refractivity contribution in [1.82, 2.24) is 0 Å². The molecule has 1 atom stereocenters. The quantitative estimate of drug-likeness (QED) is 0.325. The van der Waals surface area contributed by atoms with Gasteiger partial charge in [0.1, 0.15) is 23.3 Å². The lowest BCUT2D eigenvalue weighted by atomic mass is 9.98. The Morgan fingerprint density at radius 3 is 2.62 bits per heavy atom. The Morgan fingerprint density at radius 1 is 1.09 bits per heavy atom. The van der Waals surface area contributed by atoms with Gasteiger partial charge in [0.25, 0.3) is 11.7 Å². The van der Waals surface area contributed by atoms with Crippen LogP contribution in [0, 0.1) is 13.8 Å². The zero-order valence-corrected chi connectivity index (χ0v) is 18.3. The van der Waals surface area contributed by atoms with Crippen molar-refractivity contribution in [2.24, 2.45) is 0 Å². The molecule has 1 N–H and O–H groups in total. The van der Waals surface area contributed by atoms with E-state index in [-0.39, 0.29) is 11.3 Å². The molecule has 3 aromatic rings. The molecule has 1 amide bonds. The lowest BCUT2D eigenvalue weighted by molar-refractivity contribution is -0.132. The van der Waals surface area contributed by atoms with Gasteiger partial charge in [-0.15, -0.1) is 0 Å². The van der Waals surface area contributed by atoms with E-state index in [1.807, 2.05) is 39.0 Å². The van der Waals surface area contributed by atoms with E-state index in [4.69, 9.17) is 9.15 Å². The van der Waals surface area contributed by atoms with Gasteiger partial charge >= 0.3 is 0 Å². The number of hydrogen-bond donors (Lipinski definition) is 1. The Kier molecular flexibility index (Phi) is 5.86. The number of furan rings is 1. The second-order valence-electron chi connectivity index (χ2n) is 7.85. The molecule has 4 rings (SSSR count). The minimum Gasteiger partial charge on any atom is -0.507 e. The van der Waals surface area contributed by atoms with E-state index in [1.54, 1.807) is 36.4 Å². The van der Waals surface area contributed by atoms with Crippen LogP contribution in [-0.4, -0.2) is 23.4 Å². The number of carbonyl (C=O) groups is 2. The third-order valence-corrected chi connectivity index (χ3v) is 5.46. The lowest BCUT2D eigenvalue weighted by Gasteiger charge is -2.25. The number of ketones is 1. The molecule has 164 valence electrons. The summed E-state index contributed by atoms with van der Waals surface area (Å²) >= 11 is 0. The number of aryl methyl sites for hydroxylation is 2. The summed E-state index contributed by atoms with van der Waals surface area (Å²) in [7, 11) is 0. The number of aliphatic hydroxyl groups is 1. The second-order valence-corrected chi connectivity index (χ2v) is 7.85. The predicted octanol–water partition coefficient (Wildman–Crippen LogP) is 5.31. The highest BCUT2D eigenvalue weighted by atomic mass is 16.5. The van der Waals surface area contributed by atoms with Crippen molar-refractivity contribution in [3.8, 4) is 5.75 Å². The van der Waals surface area contributed by atoms with Crippen LogP contribution in [0.4, 0.5) is 5.69 Å². The molecule has 2 heterocycles. The van der Waals surface area contributed by atoms with Gasteiger partial charge in [0, 0.05) is 11.3 Å². The smallest absolute Gasteiger partial charge is 0.300 e. The molecule has 6 nitrogen and oxygen atoms in total. The Bertz CT molecular complexity index is 1190. The van der Waals surface area contributed by atoms with Crippen LogP contribution in [0.15, 0.2) is 70.9 Å². The van der Waals surface area contributed by atoms with E-state index in [2.05, 4.69) is 0 Å². The molecule has 1 fully saturated rings. The normalized spacial score (nSPS) is 17.7. The maximum Gasteiger partial charge on any atom is 0.300 e. The minimum absolute atomic E-state index is 0.0153. The largest absolute Gasteiger partial charge is 0.507 e. The number of nitrogens with zero attached hydrogens (tertiary/aromatic N) is 1. The number of aliphatic hydroxyl groups excluding tert-OH is 1. The summed E-state index contributed by atoms with van der Waals surface area (Å²) in [5.41, 5.74) is 2.77. The van der Waals surface area contributed by atoms with Gasteiger partial charge in [-0.25, -0.2) is 0 Å². The fourth-order valence-electron chi connectivity index (χ4n) is 3.88. The van der Waals surface area contributed by atoms with Gasteiger partial charge in [0.15, 0.2) is 0 Å². The van der Waals surface area contributed by atoms with Crippen LogP contribution in [0.2, 0.25) is 0 Å². The van der Waals surface area contributed by atoms with Crippen molar-refractivity contribution in [1.29, 1.82) is 0 Å². The fourth-order valence-corrected chi connectivity index (χ4v) is 3.88. The van der Waals surface area contributed by atoms with Crippen LogP contribution in [0.1, 0.15) is 41.8 Å². The van der Waals surface area contributed by atoms with E-state index >= 15 is 0 Å². The SMILES string of the molecule is CCCOc1cccc(/C(O)=C2/C(=O)C(=O)N(c3cc(C)ccc3C)C2c2ccco2)c1. The number of Topliss-reactive ketones (excluding diaryl/α,β-unsaturated/α-hetero) is 1. The number of rotatable bonds is 6. The minimum atomic E-state index is -0.884. The van der Waals surface area contributed by atoms with Gasteiger partial charge in [-0.3, -0.25) is 14.5 Å². The molecule has 1 aliphatic rings. The molecule has 0 aliphatic carbocycles. The van der Waals surface area contributed by atoms with Crippen LogP contribution >= 0.6 is 0 Å². The summed E-state index contributed by atoms with van der Waals surface area (Å²) in [4.78, 5) is 27.8. The van der Waals surface area contributed by atoms with Gasteiger partial charge in [-0.05, 0) is 61.7 Å². The van der Waals surface area contributed by atoms with Crippen LogP contribution < -0.4 is 9.64 Å². The molecule has 0 saturated carbocycles. The van der Waals surface area contributed by atoms with Gasteiger partial charge in [0.2, 0.25) is 0 Å². The van der Waals surface area contributed by atoms with Crippen molar-refractivity contribution >= 4 is 23.1 Å². The highest BCUT2D eigenvalue weighted by Gasteiger charge is 2.48. The van der Waals surface area contributed by atoms with Crippen LogP contribution in [-0.2, 0) is 9.59 Å². The number of hydrogen-bond acceptors (Lipinski definition) is 5. The number of ether oxygens (including phenoxy) is 1. The van der Waals surface area contributed by atoms with Crippen molar-refractivity contribution < 1.29 is 23.8 Å². The fraction of sp³-hybridized carbons (Fsp3) is 0.231. The van der Waals surface area contributed by atoms with E-state index in [0.717, 1.165) is 17.5 Å². The summed E-state index contributed by atoms with van der Waals surface area (Å²) in [5.74, 6) is -0.761. The number of benzene rings is 2. The highest BCUT2D eigenvalue weighted by molar-refractivity contribution is 6.51. The molecule has 2 aromatic carbocycles. The Balaban J connectivity index is 1.88. The molecule has 1 aliphatic heterocycles. The highest BCUT2D eigenvalue weighted by Crippen LogP contribution is 2.43. The number of carbonyl (C=O) groups excluding carboxylic acids is 2. The average molecular weight is 431 g/mol. The third-order valence-electron chi connectivity index (χ3n) is 5.46. The maximum absolute atomic E-state index is 13.2. The first-order chi connectivity index (χ1) is 15.4. The molecule has 1 saturated heterocycles. The molecule has 32 heavy (non-hydrogen) atoms. The van der Waals surface area contributed by atoms with Crippen LogP contribution in [0.5, 0.6) is 5.75 Å². The van der Waals surface area contributed by atoms with Gasteiger partial charge < -0.3 is 14.3 Å². The molecule has 0 bridgehead atoms. The van der Waals surface area contributed by atoms with Crippen molar-refractivity contribution in [2.75, 3.05) is 11.5 Å². The molecular weight excluding hydrogens is 406 g/mol. The van der Waals surface area contributed by atoms with Crippen LogP contribution in [0.25, 0.3) is 5.76 Å². The van der Waals surface area contributed by atoms with E-state index in [9.17, 15) is 14.7 Å². The first-order valence-electron chi connectivity index (χ1n) is 10.6. The lowest BCUT2D eigenvalue weighted by Crippen LogP contribution is -2.30. The molecule has 6 heteroatoms. The summed E-state index contributed by atoms with van der Waals surface area (Å²) in [6.07, 6.45) is 2.33. The number of amides is 1. The van der Waals surface area contributed by atoms with E-state index < -0.39 is 17.7 Å². The Hall–Kier alpha value is -3.80. The summed E-state index contributed by atoms with van der Waals surface area (Å²) in [5, 5.41) is 11.2. The van der Waals surface area contributed by atoms with Crippen LogP contribution in [0.3, 0.4) is 0 Å². The number of anilines is 1. The summed E-state index contributed by atoms with van der Waals surface area (Å²) < 4.78 is 11.3. The molecule has 1 unspecified atom stereocenters. The van der Waals surface area contributed by atoms with Gasteiger partial charge in [-0.2, -0.15) is 0 Å². The van der Waals surface area contributed by atoms with Crippen molar-refractivity contribution in [3.05, 3.63) is 88.9 Å². The zero-order valence-electron chi connectivity index (χ0n) is 18.3. The zero-order chi connectivity index (χ0) is 22.8. The molecular formula is C26H25NO5. The maximum atomic E-state index is 13.2. The average Bonchev–Trinajstić information content (AvgIpc) is 3.41. The molecule has 1 aromatic heterocycles. The molecule has 0 spiro atoms. The second kappa shape index (κ2) is 8.75.